The number of rotatable bonds is 7. The Morgan fingerprint density at radius 2 is 1.96 bits per heavy atom. The van der Waals surface area contributed by atoms with Crippen LogP contribution in [0.15, 0.2) is 6.07 Å². The number of aromatic hydroxyl groups is 1. The van der Waals surface area contributed by atoms with Crippen LogP contribution in [0.4, 0.5) is 0 Å². The summed E-state index contributed by atoms with van der Waals surface area (Å²) in [4.78, 5) is 22.4. The Morgan fingerprint density at radius 3 is 2.57 bits per heavy atom. The van der Waals surface area contributed by atoms with E-state index in [1.807, 2.05) is 0 Å². The molecule has 0 saturated heterocycles. The lowest BCUT2D eigenvalue weighted by molar-refractivity contribution is -0.147. The fraction of sp³-hybridized carbons (Fsp3) is 0.500. The molecule has 7 nitrogen and oxygen atoms in total. The first kappa shape index (κ1) is 16.9. The molecule has 0 aromatic heterocycles. The van der Waals surface area contributed by atoms with Crippen molar-refractivity contribution in [3.63, 3.8) is 0 Å². The number of carbonyl (C=O) groups is 2. The van der Waals surface area contributed by atoms with Crippen LogP contribution in [0.1, 0.15) is 48.5 Å². The largest absolute Gasteiger partial charge is 0.507 e. The van der Waals surface area contributed by atoms with E-state index in [0.717, 1.165) is 25.7 Å². The third-order valence-corrected chi connectivity index (χ3v) is 3.72. The molecule has 23 heavy (non-hydrogen) atoms. The van der Waals surface area contributed by atoms with Crippen molar-refractivity contribution < 1.29 is 34.4 Å². The van der Waals surface area contributed by atoms with Gasteiger partial charge in [-0.3, -0.25) is 0 Å². The SMILES string of the molecule is CCCCCCc1cc(O)c(C(=O)O)c2c1OCC(C(=O)O)O2. The van der Waals surface area contributed by atoms with Gasteiger partial charge in [0.05, 0.1) is 0 Å². The summed E-state index contributed by atoms with van der Waals surface area (Å²) in [6, 6.07) is 1.36. The summed E-state index contributed by atoms with van der Waals surface area (Å²) in [6.07, 6.45) is 3.33. The molecule has 1 aliphatic heterocycles. The number of hydrogen-bond acceptors (Lipinski definition) is 5. The van der Waals surface area contributed by atoms with Gasteiger partial charge in [-0.25, -0.2) is 9.59 Å². The fourth-order valence-electron chi connectivity index (χ4n) is 2.54. The van der Waals surface area contributed by atoms with E-state index < -0.39 is 29.4 Å². The van der Waals surface area contributed by atoms with Crippen LogP contribution in [0.25, 0.3) is 0 Å². The summed E-state index contributed by atoms with van der Waals surface area (Å²) in [6.45, 7) is 1.90. The molecule has 1 aromatic carbocycles. The number of aromatic carboxylic acids is 1. The first-order valence-corrected chi connectivity index (χ1v) is 7.60. The first-order chi connectivity index (χ1) is 11.0. The molecule has 7 heteroatoms. The molecule has 0 amide bonds. The lowest BCUT2D eigenvalue weighted by atomic mass is 10.0. The highest BCUT2D eigenvalue weighted by molar-refractivity contribution is 5.96. The van der Waals surface area contributed by atoms with Gasteiger partial charge in [0.25, 0.3) is 0 Å². The standard InChI is InChI=1S/C16H20O7/c1-2-3-4-5-6-9-7-10(17)12(16(20)21)14-13(9)22-8-11(23-14)15(18)19/h7,11,17H,2-6,8H2,1H3,(H,18,19)(H,20,21). The topological polar surface area (TPSA) is 113 Å². The second kappa shape index (κ2) is 7.21. The molecule has 0 saturated carbocycles. The smallest absolute Gasteiger partial charge is 0.348 e. The van der Waals surface area contributed by atoms with Gasteiger partial charge in [0.2, 0.25) is 6.10 Å². The highest BCUT2D eigenvalue weighted by atomic mass is 16.6. The van der Waals surface area contributed by atoms with Crippen LogP contribution in [0.2, 0.25) is 0 Å². The number of ether oxygens (including phenoxy) is 2. The van der Waals surface area contributed by atoms with E-state index in [1.165, 1.54) is 6.07 Å². The van der Waals surface area contributed by atoms with Crippen LogP contribution in [0, 0.1) is 0 Å². The van der Waals surface area contributed by atoms with Crippen LogP contribution in [0.3, 0.4) is 0 Å². The normalized spacial score (nSPS) is 16.1. The van der Waals surface area contributed by atoms with Gasteiger partial charge in [0.15, 0.2) is 11.5 Å². The predicted molar refractivity (Wildman–Crippen MR) is 80.5 cm³/mol. The molecule has 126 valence electrons. The van der Waals surface area contributed by atoms with Gasteiger partial charge in [-0.2, -0.15) is 0 Å². The minimum Gasteiger partial charge on any atom is -0.507 e. The molecule has 1 aliphatic rings. The van der Waals surface area contributed by atoms with Crippen molar-refractivity contribution in [3.8, 4) is 17.2 Å². The summed E-state index contributed by atoms with van der Waals surface area (Å²) in [5.74, 6) is -3.09. The number of aliphatic carboxylic acids is 1. The van der Waals surface area contributed by atoms with Gasteiger partial charge in [-0.1, -0.05) is 26.2 Å². The maximum absolute atomic E-state index is 11.3. The van der Waals surface area contributed by atoms with Crippen molar-refractivity contribution in [3.05, 3.63) is 17.2 Å². The average Bonchev–Trinajstić information content (AvgIpc) is 2.50. The van der Waals surface area contributed by atoms with Gasteiger partial charge in [-0.05, 0) is 18.9 Å². The number of benzene rings is 1. The maximum Gasteiger partial charge on any atom is 0.348 e. The Labute approximate surface area is 133 Å². The van der Waals surface area contributed by atoms with Crippen LogP contribution in [-0.2, 0) is 11.2 Å². The highest BCUT2D eigenvalue weighted by Crippen LogP contribution is 2.43. The van der Waals surface area contributed by atoms with Crippen LogP contribution in [0.5, 0.6) is 17.2 Å². The highest BCUT2D eigenvalue weighted by Gasteiger charge is 2.34. The third-order valence-electron chi connectivity index (χ3n) is 3.72. The summed E-state index contributed by atoms with van der Waals surface area (Å²) >= 11 is 0. The Kier molecular flexibility index (Phi) is 5.31. The number of carboxylic acid groups (broad SMARTS) is 2. The zero-order chi connectivity index (χ0) is 17.0. The second-order valence-corrected chi connectivity index (χ2v) is 5.46. The van der Waals surface area contributed by atoms with Gasteiger partial charge in [0, 0.05) is 5.56 Å². The van der Waals surface area contributed by atoms with E-state index in [0.29, 0.717) is 12.0 Å². The van der Waals surface area contributed by atoms with Crippen LogP contribution >= 0.6 is 0 Å². The molecule has 0 fully saturated rings. The molecule has 1 unspecified atom stereocenters. The molecule has 3 N–H and O–H groups in total. The van der Waals surface area contributed by atoms with E-state index in [1.54, 1.807) is 0 Å². The van der Waals surface area contributed by atoms with Crippen molar-refractivity contribution in [1.82, 2.24) is 0 Å². The molecule has 2 rings (SSSR count). The Balaban J connectivity index is 2.36. The molecule has 0 spiro atoms. The molecule has 1 heterocycles. The van der Waals surface area contributed by atoms with Gasteiger partial charge in [-0.15, -0.1) is 0 Å². The monoisotopic (exact) mass is 324 g/mol. The van der Waals surface area contributed by atoms with Crippen molar-refractivity contribution in [2.75, 3.05) is 6.61 Å². The first-order valence-electron chi connectivity index (χ1n) is 7.60. The van der Waals surface area contributed by atoms with E-state index in [4.69, 9.17) is 14.6 Å². The van der Waals surface area contributed by atoms with E-state index in [9.17, 15) is 19.8 Å². The summed E-state index contributed by atoms with van der Waals surface area (Å²) in [7, 11) is 0. The Bertz CT molecular complexity index is 609. The zero-order valence-corrected chi connectivity index (χ0v) is 12.9. The summed E-state index contributed by atoms with van der Waals surface area (Å²) in [5.41, 5.74) is 0.158. The Hall–Kier alpha value is -2.44. The second-order valence-electron chi connectivity index (χ2n) is 5.46. The fourth-order valence-corrected chi connectivity index (χ4v) is 2.54. The third kappa shape index (κ3) is 3.67. The van der Waals surface area contributed by atoms with Crippen molar-refractivity contribution in [2.24, 2.45) is 0 Å². The minimum absolute atomic E-state index is 0.200. The predicted octanol–water partition coefficient (Wildman–Crippen LogP) is 2.44. The molecule has 0 bridgehead atoms. The van der Waals surface area contributed by atoms with Gasteiger partial charge < -0.3 is 24.8 Å². The lowest BCUT2D eigenvalue weighted by Crippen LogP contribution is -2.37. The van der Waals surface area contributed by atoms with E-state index >= 15 is 0 Å². The van der Waals surface area contributed by atoms with Gasteiger partial charge in [0.1, 0.15) is 17.9 Å². The maximum atomic E-state index is 11.3. The molecular weight excluding hydrogens is 304 g/mol. The molecule has 0 aliphatic carbocycles. The number of phenols is 1. The number of carboxylic acids is 2. The summed E-state index contributed by atoms with van der Waals surface area (Å²) in [5, 5.41) is 28.2. The number of aryl methyl sites for hydroxylation is 1. The van der Waals surface area contributed by atoms with Crippen molar-refractivity contribution in [2.45, 2.75) is 45.1 Å². The minimum atomic E-state index is -1.40. The van der Waals surface area contributed by atoms with Gasteiger partial charge >= 0.3 is 11.9 Å². The number of hydrogen-bond donors (Lipinski definition) is 3. The van der Waals surface area contributed by atoms with Crippen LogP contribution in [-0.4, -0.2) is 40.0 Å². The molecule has 0 radical (unpaired) electrons. The van der Waals surface area contributed by atoms with Crippen molar-refractivity contribution >= 4 is 11.9 Å². The van der Waals surface area contributed by atoms with E-state index in [2.05, 4.69) is 6.92 Å². The molecule has 1 atom stereocenters. The zero-order valence-electron chi connectivity index (χ0n) is 12.9. The number of unbranched alkanes of at least 4 members (excludes halogenated alkanes) is 3. The quantitative estimate of drug-likeness (QED) is 0.660. The lowest BCUT2D eigenvalue weighted by Gasteiger charge is -2.27. The Morgan fingerprint density at radius 1 is 1.22 bits per heavy atom. The molecular formula is C16H20O7. The van der Waals surface area contributed by atoms with Crippen LogP contribution < -0.4 is 9.47 Å². The number of fused-ring (bicyclic) bond motifs is 1. The van der Waals surface area contributed by atoms with Crippen molar-refractivity contribution in [1.29, 1.82) is 0 Å². The van der Waals surface area contributed by atoms with E-state index in [-0.39, 0.29) is 18.1 Å². The molecule has 1 aromatic rings. The summed E-state index contributed by atoms with van der Waals surface area (Å²) < 4.78 is 10.7. The average molecular weight is 324 g/mol.